The van der Waals surface area contributed by atoms with Crippen molar-refractivity contribution in [3.05, 3.63) is 29.8 Å². The van der Waals surface area contributed by atoms with E-state index in [-0.39, 0.29) is 0 Å². The molecule has 0 aromatic heterocycles. The molecule has 2 nitrogen and oxygen atoms in total. The first-order valence-electron chi connectivity index (χ1n) is 8.68. The highest BCUT2D eigenvalue weighted by Crippen LogP contribution is 2.17. The lowest BCUT2D eigenvalue weighted by Gasteiger charge is -2.11. The topological polar surface area (TPSA) is 21.3 Å². The van der Waals surface area contributed by atoms with Crippen LogP contribution in [0.5, 0.6) is 5.75 Å². The minimum Gasteiger partial charge on any atom is -0.494 e. The SMILES string of the molecule is CCCCCCCCCCOc1ccc(C(C)NC)cc1. The van der Waals surface area contributed by atoms with Crippen LogP contribution in [0, 0.1) is 0 Å². The van der Waals surface area contributed by atoms with Crippen molar-refractivity contribution in [1.29, 1.82) is 0 Å². The zero-order valence-electron chi connectivity index (χ0n) is 14.2. The van der Waals surface area contributed by atoms with Gasteiger partial charge in [-0.1, -0.05) is 64.0 Å². The van der Waals surface area contributed by atoms with Gasteiger partial charge in [-0.3, -0.25) is 0 Å². The summed E-state index contributed by atoms with van der Waals surface area (Å²) in [6, 6.07) is 8.84. The molecule has 1 N–H and O–H groups in total. The number of benzene rings is 1. The Morgan fingerprint density at radius 3 is 2.05 bits per heavy atom. The van der Waals surface area contributed by atoms with Crippen molar-refractivity contribution < 1.29 is 4.74 Å². The molecule has 1 aromatic rings. The van der Waals surface area contributed by atoms with Crippen molar-refractivity contribution in [3.63, 3.8) is 0 Å². The van der Waals surface area contributed by atoms with Crippen LogP contribution in [0.15, 0.2) is 24.3 Å². The summed E-state index contributed by atoms with van der Waals surface area (Å²) in [5, 5.41) is 3.24. The molecule has 0 aliphatic heterocycles. The summed E-state index contributed by atoms with van der Waals surface area (Å²) in [5.41, 5.74) is 1.30. The second kappa shape index (κ2) is 11.6. The zero-order chi connectivity index (χ0) is 15.3. The molecule has 0 bridgehead atoms. The van der Waals surface area contributed by atoms with Gasteiger partial charge in [0.25, 0.3) is 0 Å². The van der Waals surface area contributed by atoms with Crippen LogP contribution in [0.2, 0.25) is 0 Å². The lowest BCUT2D eigenvalue weighted by Crippen LogP contribution is -2.11. The van der Waals surface area contributed by atoms with Gasteiger partial charge in [-0.25, -0.2) is 0 Å². The third kappa shape index (κ3) is 8.11. The summed E-state index contributed by atoms with van der Waals surface area (Å²) >= 11 is 0. The molecule has 0 heterocycles. The fourth-order valence-corrected chi connectivity index (χ4v) is 2.45. The highest BCUT2D eigenvalue weighted by atomic mass is 16.5. The van der Waals surface area contributed by atoms with Crippen molar-refractivity contribution >= 4 is 0 Å². The van der Waals surface area contributed by atoms with Crippen LogP contribution in [-0.4, -0.2) is 13.7 Å². The predicted molar refractivity (Wildman–Crippen MR) is 92.0 cm³/mol. The van der Waals surface area contributed by atoms with E-state index in [0.29, 0.717) is 6.04 Å². The third-order valence-corrected chi connectivity index (χ3v) is 4.08. The number of hydrogen-bond acceptors (Lipinski definition) is 2. The van der Waals surface area contributed by atoms with Crippen LogP contribution >= 0.6 is 0 Å². The van der Waals surface area contributed by atoms with E-state index in [9.17, 15) is 0 Å². The lowest BCUT2D eigenvalue weighted by molar-refractivity contribution is 0.304. The summed E-state index contributed by atoms with van der Waals surface area (Å²) < 4.78 is 5.80. The molecule has 0 saturated carbocycles. The number of unbranched alkanes of at least 4 members (excludes halogenated alkanes) is 7. The second-order valence-corrected chi connectivity index (χ2v) is 5.90. The fraction of sp³-hybridized carbons (Fsp3) is 0.684. The van der Waals surface area contributed by atoms with Gasteiger partial charge < -0.3 is 10.1 Å². The summed E-state index contributed by atoms with van der Waals surface area (Å²) in [6.45, 7) is 5.27. The first kappa shape index (κ1) is 18.0. The smallest absolute Gasteiger partial charge is 0.119 e. The largest absolute Gasteiger partial charge is 0.494 e. The van der Waals surface area contributed by atoms with Crippen molar-refractivity contribution in [1.82, 2.24) is 5.32 Å². The molecule has 0 aliphatic carbocycles. The standard InChI is InChI=1S/C19H33NO/c1-4-5-6-7-8-9-10-11-16-21-19-14-12-18(13-15-19)17(2)20-3/h12-15,17,20H,4-11,16H2,1-3H3. The van der Waals surface area contributed by atoms with Gasteiger partial charge in [-0.2, -0.15) is 0 Å². The first-order chi connectivity index (χ1) is 10.3. The summed E-state index contributed by atoms with van der Waals surface area (Å²) in [6.07, 6.45) is 10.7. The summed E-state index contributed by atoms with van der Waals surface area (Å²) in [7, 11) is 1.98. The maximum atomic E-state index is 5.80. The molecule has 0 aliphatic rings. The Morgan fingerprint density at radius 1 is 0.905 bits per heavy atom. The average molecular weight is 291 g/mol. The number of rotatable bonds is 12. The second-order valence-electron chi connectivity index (χ2n) is 5.90. The van der Waals surface area contributed by atoms with Gasteiger partial charge in [0, 0.05) is 6.04 Å². The zero-order valence-corrected chi connectivity index (χ0v) is 14.2. The Balaban J connectivity index is 2.05. The Labute approximate surface area is 131 Å². The molecule has 0 fully saturated rings. The molecule has 2 heteroatoms. The van der Waals surface area contributed by atoms with Gasteiger partial charge in [-0.15, -0.1) is 0 Å². The summed E-state index contributed by atoms with van der Waals surface area (Å²) in [5.74, 6) is 0.991. The normalized spacial score (nSPS) is 12.3. The maximum absolute atomic E-state index is 5.80. The molecule has 1 aromatic carbocycles. The minimum absolute atomic E-state index is 0.395. The van der Waals surface area contributed by atoms with Crippen molar-refractivity contribution in [2.75, 3.05) is 13.7 Å². The number of ether oxygens (including phenoxy) is 1. The van der Waals surface area contributed by atoms with Crippen molar-refractivity contribution in [2.24, 2.45) is 0 Å². The van der Waals surface area contributed by atoms with Gasteiger partial charge in [-0.05, 0) is 38.1 Å². The number of nitrogens with one attached hydrogen (secondary N) is 1. The lowest BCUT2D eigenvalue weighted by atomic mass is 10.1. The van der Waals surface area contributed by atoms with E-state index >= 15 is 0 Å². The molecule has 21 heavy (non-hydrogen) atoms. The average Bonchev–Trinajstić information content (AvgIpc) is 2.53. The van der Waals surface area contributed by atoms with E-state index in [0.717, 1.165) is 12.4 Å². The Bertz CT molecular complexity index is 347. The Morgan fingerprint density at radius 2 is 1.48 bits per heavy atom. The van der Waals surface area contributed by atoms with Crippen LogP contribution in [0.25, 0.3) is 0 Å². The van der Waals surface area contributed by atoms with Gasteiger partial charge >= 0.3 is 0 Å². The van der Waals surface area contributed by atoms with Crippen LogP contribution in [-0.2, 0) is 0 Å². The van der Waals surface area contributed by atoms with Gasteiger partial charge in [0.2, 0.25) is 0 Å². The predicted octanol–water partition coefficient (Wildman–Crippen LogP) is 5.49. The van der Waals surface area contributed by atoms with E-state index in [1.165, 1.54) is 56.9 Å². The van der Waals surface area contributed by atoms with Crippen molar-refractivity contribution in [2.45, 2.75) is 71.3 Å². The minimum atomic E-state index is 0.395. The maximum Gasteiger partial charge on any atom is 0.119 e. The van der Waals surface area contributed by atoms with E-state index in [2.05, 4.69) is 43.4 Å². The van der Waals surface area contributed by atoms with Gasteiger partial charge in [0.15, 0.2) is 0 Å². The quantitative estimate of drug-likeness (QED) is 0.514. The molecule has 1 atom stereocenters. The monoisotopic (exact) mass is 291 g/mol. The molecular weight excluding hydrogens is 258 g/mol. The Kier molecular flexibility index (Phi) is 9.98. The third-order valence-electron chi connectivity index (χ3n) is 4.08. The van der Waals surface area contributed by atoms with E-state index in [4.69, 9.17) is 4.74 Å². The van der Waals surface area contributed by atoms with E-state index in [1.807, 2.05) is 7.05 Å². The van der Waals surface area contributed by atoms with Gasteiger partial charge in [0.05, 0.1) is 6.61 Å². The van der Waals surface area contributed by atoms with Crippen LogP contribution in [0.1, 0.15) is 76.8 Å². The number of hydrogen-bond donors (Lipinski definition) is 1. The highest BCUT2D eigenvalue weighted by Gasteiger charge is 2.02. The fourth-order valence-electron chi connectivity index (χ4n) is 2.45. The molecule has 0 spiro atoms. The van der Waals surface area contributed by atoms with E-state index in [1.54, 1.807) is 0 Å². The molecule has 1 rings (SSSR count). The molecule has 0 radical (unpaired) electrons. The molecule has 0 saturated heterocycles. The van der Waals surface area contributed by atoms with Crippen molar-refractivity contribution in [3.8, 4) is 5.75 Å². The first-order valence-corrected chi connectivity index (χ1v) is 8.68. The highest BCUT2D eigenvalue weighted by molar-refractivity contribution is 5.28. The van der Waals surface area contributed by atoms with Crippen LogP contribution < -0.4 is 10.1 Å². The molecule has 120 valence electrons. The van der Waals surface area contributed by atoms with E-state index < -0.39 is 0 Å². The van der Waals surface area contributed by atoms with Crippen LogP contribution in [0.4, 0.5) is 0 Å². The molecular formula is C19H33NO. The van der Waals surface area contributed by atoms with Gasteiger partial charge in [0.1, 0.15) is 5.75 Å². The molecule has 0 amide bonds. The summed E-state index contributed by atoms with van der Waals surface area (Å²) in [4.78, 5) is 0. The Hall–Kier alpha value is -1.02. The molecule has 1 unspecified atom stereocenters. The van der Waals surface area contributed by atoms with Crippen LogP contribution in [0.3, 0.4) is 0 Å².